The van der Waals surface area contributed by atoms with Crippen molar-refractivity contribution >= 4 is 13.4 Å². The van der Waals surface area contributed by atoms with Gasteiger partial charge in [-0.1, -0.05) is 13.8 Å². The molecule has 0 aliphatic rings. The van der Waals surface area contributed by atoms with Gasteiger partial charge in [-0.15, -0.1) is 0 Å². The number of ether oxygens (including phenoxy) is 2. The first kappa shape index (κ1) is 20.7. The monoisotopic (exact) mass is 358 g/mol. The second-order valence-corrected chi connectivity index (χ2v) is 7.65. The van der Waals surface area contributed by atoms with Crippen LogP contribution >= 0.6 is 7.60 Å². The maximum Gasteiger partial charge on any atom is 0.338 e. The summed E-state index contributed by atoms with van der Waals surface area (Å²) in [5, 5.41) is 0. The van der Waals surface area contributed by atoms with Crippen LogP contribution in [0.25, 0.3) is 0 Å². The molecule has 24 heavy (non-hydrogen) atoms. The molecule has 0 spiro atoms. The zero-order valence-electron chi connectivity index (χ0n) is 15.0. The van der Waals surface area contributed by atoms with Crippen LogP contribution in [0.4, 0.5) is 0 Å². The minimum Gasteiger partial charge on any atom is -0.497 e. The number of rotatable bonds is 11. The van der Waals surface area contributed by atoms with E-state index in [0.29, 0.717) is 29.6 Å². The molecule has 0 atom stereocenters. The van der Waals surface area contributed by atoms with Gasteiger partial charge in [0.15, 0.2) is 5.78 Å². The molecule has 0 unspecified atom stereocenters. The maximum atomic E-state index is 12.7. The Hall–Kier alpha value is -1.36. The summed E-state index contributed by atoms with van der Waals surface area (Å²) in [6.45, 7) is 8.34. The van der Waals surface area contributed by atoms with Crippen molar-refractivity contribution in [3.05, 3.63) is 23.8 Å². The third kappa shape index (κ3) is 6.27. The first-order chi connectivity index (χ1) is 11.3. The highest BCUT2D eigenvalue weighted by molar-refractivity contribution is 7.54. The van der Waals surface area contributed by atoms with Gasteiger partial charge < -0.3 is 18.5 Å². The zero-order valence-corrected chi connectivity index (χ0v) is 15.9. The standard InChI is InChI=1S/C17H27O6P/c1-6-22-24(19,23-7-2)12-16(18)15-10-14(20-5)8-9-17(15)21-11-13(3)4/h8-10,13H,6-7,11-12H2,1-5H3. The van der Waals surface area contributed by atoms with E-state index in [0.717, 1.165) is 0 Å². The van der Waals surface area contributed by atoms with Crippen molar-refractivity contribution in [2.75, 3.05) is 33.1 Å². The van der Waals surface area contributed by atoms with Crippen molar-refractivity contribution in [3.63, 3.8) is 0 Å². The fourth-order valence-corrected chi connectivity index (χ4v) is 3.59. The molecule has 0 saturated heterocycles. The fourth-order valence-electron chi connectivity index (χ4n) is 2.02. The van der Waals surface area contributed by atoms with Gasteiger partial charge in [0.25, 0.3) is 0 Å². The smallest absolute Gasteiger partial charge is 0.338 e. The lowest BCUT2D eigenvalue weighted by molar-refractivity contribution is 0.1000. The average Bonchev–Trinajstić information content (AvgIpc) is 2.52. The van der Waals surface area contributed by atoms with Gasteiger partial charge in [0.1, 0.15) is 17.7 Å². The highest BCUT2D eigenvalue weighted by Gasteiger charge is 2.29. The van der Waals surface area contributed by atoms with E-state index in [9.17, 15) is 9.36 Å². The number of carbonyl (C=O) groups excluding carboxylic acids is 1. The fraction of sp³-hybridized carbons (Fsp3) is 0.588. The molecule has 0 radical (unpaired) electrons. The van der Waals surface area contributed by atoms with Crippen LogP contribution in [-0.4, -0.2) is 38.9 Å². The highest BCUT2D eigenvalue weighted by Crippen LogP contribution is 2.48. The van der Waals surface area contributed by atoms with E-state index in [-0.39, 0.29) is 25.2 Å². The van der Waals surface area contributed by atoms with Crippen molar-refractivity contribution < 1.29 is 27.9 Å². The molecule has 1 aromatic carbocycles. The average molecular weight is 358 g/mol. The van der Waals surface area contributed by atoms with E-state index in [4.69, 9.17) is 18.5 Å². The Kier molecular flexibility index (Phi) is 8.46. The Morgan fingerprint density at radius 1 is 1.17 bits per heavy atom. The molecule has 0 bridgehead atoms. The highest BCUT2D eigenvalue weighted by atomic mass is 31.2. The first-order valence-corrected chi connectivity index (χ1v) is 9.80. The van der Waals surface area contributed by atoms with Gasteiger partial charge in [0.05, 0.1) is 32.5 Å². The van der Waals surface area contributed by atoms with Crippen molar-refractivity contribution in [1.82, 2.24) is 0 Å². The Balaban J connectivity index is 3.07. The van der Waals surface area contributed by atoms with Crippen LogP contribution in [0.15, 0.2) is 18.2 Å². The zero-order chi connectivity index (χ0) is 18.2. The van der Waals surface area contributed by atoms with Crippen LogP contribution in [-0.2, 0) is 13.6 Å². The number of hydrogen-bond donors (Lipinski definition) is 0. The molecule has 1 rings (SSSR count). The lowest BCUT2D eigenvalue weighted by Gasteiger charge is -2.18. The van der Waals surface area contributed by atoms with Gasteiger partial charge in [-0.2, -0.15) is 0 Å². The summed E-state index contributed by atoms with van der Waals surface area (Å²) in [4.78, 5) is 12.7. The normalized spacial score (nSPS) is 11.6. The molecule has 7 heteroatoms. The minimum absolute atomic E-state index is 0.208. The number of Topliss-reactive ketones (excluding diaryl/α,β-unsaturated/α-hetero) is 1. The molecule has 0 fully saturated rings. The van der Waals surface area contributed by atoms with Gasteiger partial charge >= 0.3 is 7.60 Å². The topological polar surface area (TPSA) is 71.1 Å². The summed E-state index contributed by atoms with van der Waals surface area (Å²) < 4.78 is 33.9. The number of ketones is 1. The SMILES string of the molecule is CCOP(=O)(CC(=O)c1cc(OC)ccc1OCC(C)C)OCC. The van der Waals surface area contributed by atoms with Gasteiger partial charge in [-0.05, 0) is 38.0 Å². The summed E-state index contributed by atoms with van der Waals surface area (Å²) in [6.07, 6.45) is -0.333. The van der Waals surface area contributed by atoms with E-state index >= 15 is 0 Å². The Morgan fingerprint density at radius 2 is 1.79 bits per heavy atom. The van der Waals surface area contributed by atoms with Gasteiger partial charge in [-0.25, -0.2) is 0 Å². The Bertz CT molecular complexity index is 574. The molecule has 1 aromatic rings. The second kappa shape index (κ2) is 9.82. The summed E-state index contributed by atoms with van der Waals surface area (Å²) in [6, 6.07) is 4.98. The number of hydrogen-bond acceptors (Lipinski definition) is 6. The summed E-state index contributed by atoms with van der Waals surface area (Å²) in [5.74, 6) is 0.915. The van der Waals surface area contributed by atoms with Crippen LogP contribution in [0.5, 0.6) is 11.5 Å². The van der Waals surface area contributed by atoms with Crippen LogP contribution in [0.3, 0.4) is 0 Å². The second-order valence-electron chi connectivity index (χ2n) is 5.59. The maximum absolute atomic E-state index is 12.7. The van der Waals surface area contributed by atoms with Gasteiger partial charge in [-0.3, -0.25) is 9.36 Å². The van der Waals surface area contributed by atoms with E-state index < -0.39 is 7.60 Å². The van der Waals surface area contributed by atoms with Crippen molar-refractivity contribution in [3.8, 4) is 11.5 Å². The largest absolute Gasteiger partial charge is 0.497 e. The molecule has 0 amide bonds. The molecular weight excluding hydrogens is 331 g/mol. The Labute approximate surface area is 144 Å². The van der Waals surface area contributed by atoms with Gasteiger partial charge in [0.2, 0.25) is 0 Å². The summed E-state index contributed by atoms with van der Waals surface area (Å²) in [5.41, 5.74) is 0.314. The number of carbonyl (C=O) groups is 1. The first-order valence-electron chi connectivity index (χ1n) is 8.07. The van der Waals surface area contributed by atoms with Gasteiger partial charge in [0, 0.05) is 0 Å². The quantitative estimate of drug-likeness (QED) is 0.436. The Morgan fingerprint density at radius 3 is 2.29 bits per heavy atom. The third-order valence-corrected chi connectivity index (χ3v) is 5.03. The van der Waals surface area contributed by atoms with E-state index in [2.05, 4.69) is 0 Å². The van der Waals surface area contributed by atoms with E-state index in [1.807, 2.05) is 13.8 Å². The molecule has 0 aliphatic carbocycles. The number of methoxy groups -OCH3 is 1. The lowest BCUT2D eigenvalue weighted by Crippen LogP contribution is -2.13. The van der Waals surface area contributed by atoms with Crippen molar-refractivity contribution in [2.45, 2.75) is 27.7 Å². The van der Waals surface area contributed by atoms with Crippen LogP contribution < -0.4 is 9.47 Å². The predicted molar refractivity (Wildman–Crippen MR) is 93.4 cm³/mol. The molecule has 136 valence electrons. The summed E-state index contributed by atoms with van der Waals surface area (Å²) >= 11 is 0. The third-order valence-electron chi connectivity index (χ3n) is 3.05. The van der Waals surface area contributed by atoms with Crippen molar-refractivity contribution in [2.24, 2.45) is 5.92 Å². The predicted octanol–water partition coefficient (Wildman–Crippen LogP) is 4.18. The van der Waals surface area contributed by atoms with Crippen LogP contribution in [0.1, 0.15) is 38.1 Å². The number of benzene rings is 1. The minimum atomic E-state index is -3.47. The lowest BCUT2D eigenvalue weighted by atomic mass is 10.1. The van der Waals surface area contributed by atoms with E-state index in [1.165, 1.54) is 7.11 Å². The molecule has 0 aliphatic heterocycles. The summed E-state index contributed by atoms with van der Waals surface area (Å²) in [7, 11) is -1.95. The van der Waals surface area contributed by atoms with Crippen LogP contribution in [0.2, 0.25) is 0 Å². The van der Waals surface area contributed by atoms with E-state index in [1.54, 1.807) is 32.0 Å². The molecule has 6 nitrogen and oxygen atoms in total. The molecule has 0 aromatic heterocycles. The van der Waals surface area contributed by atoms with Crippen molar-refractivity contribution in [1.29, 1.82) is 0 Å². The molecule has 0 N–H and O–H groups in total. The molecular formula is C17H27O6P. The van der Waals surface area contributed by atoms with Crippen LogP contribution in [0, 0.1) is 5.92 Å². The molecule has 0 saturated carbocycles. The molecule has 0 heterocycles.